The van der Waals surface area contributed by atoms with Crippen molar-refractivity contribution >= 4 is 22.6 Å². The number of carbonyl (C=O) groups is 1. The molecule has 2 N–H and O–H groups in total. The first-order valence-electron chi connectivity index (χ1n) is 5.01. The number of hydrogen-bond acceptors (Lipinski definition) is 4. The van der Waals surface area contributed by atoms with Crippen LogP contribution in [0.15, 0.2) is 27.4 Å². The fourth-order valence-electron chi connectivity index (χ4n) is 1.44. The van der Waals surface area contributed by atoms with Crippen molar-refractivity contribution in [3.05, 3.63) is 28.7 Å². The van der Waals surface area contributed by atoms with E-state index >= 15 is 0 Å². The normalized spacial score (nSPS) is 10.6. The number of nitrogens with one attached hydrogen (secondary N) is 2. The molecule has 16 heavy (non-hydrogen) atoms. The Hall–Kier alpha value is -2.04. The van der Waals surface area contributed by atoms with Gasteiger partial charge in [-0.15, -0.1) is 0 Å². The summed E-state index contributed by atoms with van der Waals surface area (Å²) in [5, 5.41) is 3.09. The first kappa shape index (κ1) is 10.5. The van der Waals surface area contributed by atoms with Crippen LogP contribution < -0.4 is 11.1 Å². The molecule has 84 valence electrons. The molecule has 1 heterocycles. The van der Waals surface area contributed by atoms with Crippen LogP contribution in [0, 0.1) is 0 Å². The van der Waals surface area contributed by atoms with Crippen molar-refractivity contribution in [2.24, 2.45) is 0 Å². The molecule has 0 saturated carbocycles. The number of carbonyl (C=O) groups excluding carboxylic acids is 1. The molecule has 0 aliphatic heterocycles. The summed E-state index contributed by atoms with van der Waals surface area (Å²) in [5.41, 5.74) is 2.03. The Bertz CT molecular complexity index is 568. The van der Waals surface area contributed by atoms with Crippen LogP contribution in [0.25, 0.3) is 11.1 Å². The highest BCUT2D eigenvalue weighted by atomic mass is 16.4. The fourth-order valence-corrected chi connectivity index (χ4v) is 1.44. The van der Waals surface area contributed by atoms with E-state index in [1.54, 1.807) is 25.1 Å². The Morgan fingerprint density at radius 2 is 2.31 bits per heavy atom. The lowest BCUT2D eigenvalue weighted by molar-refractivity contribution is -0.116. The van der Waals surface area contributed by atoms with Crippen LogP contribution in [0.3, 0.4) is 0 Å². The zero-order chi connectivity index (χ0) is 11.5. The molecule has 1 aromatic carbocycles. The Kier molecular flexibility index (Phi) is 2.76. The molecule has 0 atom stereocenters. The van der Waals surface area contributed by atoms with Gasteiger partial charge in [-0.1, -0.05) is 0 Å². The number of H-pyrrole nitrogens is 1. The Balaban J connectivity index is 2.13. The van der Waals surface area contributed by atoms with Gasteiger partial charge in [0, 0.05) is 18.7 Å². The first-order chi connectivity index (χ1) is 7.65. The van der Waals surface area contributed by atoms with Crippen LogP contribution in [0.5, 0.6) is 0 Å². The van der Waals surface area contributed by atoms with Crippen molar-refractivity contribution < 1.29 is 9.21 Å². The van der Waals surface area contributed by atoms with Crippen LogP contribution in [-0.4, -0.2) is 17.3 Å². The van der Waals surface area contributed by atoms with E-state index in [4.69, 9.17) is 4.42 Å². The molecule has 0 aliphatic carbocycles. The highest BCUT2D eigenvalue weighted by molar-refractivity contribution is 5.78. The van der Waals surface area contributed by atoms with E-state index < -0.39 is 5.76 Å². The van der Waals surface area contributed by atoms with Gasteiger partial charge in [0.1, 0.15) is 5.78 Å². The van der Waals surface area contributed by atoms with Gasteiger partial charge >= 0.3 is 5.76 Å². The van der Waals surface area contributed by atoms with Crippen LogP contribution >= 0.6 is 0 Å². The van der Waals surface area contributed by atoms with E-state index in [9.17, 15) is 9.59 Å². The third-order valence-corrected chi connectivity index (χ3v) is 2.23. The summed E-state index contributed by atoms with van der Waals surface area (Å²) in [7, 11) is 0. The number of aromatic nitrogens is 1. The Labute approximate surface area is 91.5 Å². The predicted octanol–water partition coefficient (Wildman–Crippen LogP) is 1.51. The third-order valence-electron chi connectivity index (χ3n) is 2.23. The number of Topliss-reactive ketones (excluding diaryl/α,β-unsaturated/α-hetero) is 1. The van der Waals surface area contributed by atoms with Crippen molar-refractivity contribution in [2.75, 3.05) is 11.9 Å². The van der Waals surface area contributed by atoms with E-state index in [1.165, 1.54) is 0 Å². The van der Waals surface area contributed by atoms with Crippen molar-refractivity contribution in [3.8, 4) is 0 Å². The molecule has 0 bridgehead atoms. The standard InChI is InChI=1S/C11H12N2O3/c1-7(14)4-5-12-8-2-3-10-9(6-8)13-11(15)16-10/h2-3,6,12H,4-5H2,1H3,(H,13,15). The van der Waals surface area contributed by atoms with E-state index in [-0.39, 0.29) is 5.78 Å². The van der Waals surface area contributed by atoms with Gasteiger partial charge < -0.3 is 9.73 Å². The molecule has 0 unspecified atom stereocenters. The molecule has 2 rings (SSSR count). The number of benzene rings is 1. The van der Waals surface area contributed by atoms with Crippen molar-refractivity contribution in [2.45, 2.75) is 13.3 Å². The molecular weight excluding hydrogens is 208 g/mol. The topological polar surface area (TPSA) is 75.1 Å². The molecule has 0 amide bonds. The van der Waals surface area contributed by atoms with Gasteiger partial charge in [0.2, 0.25) is 0 Å². The summed E-state index contributed by atoms with van der Waals surface area (Å²) in [6.07, 6.45) is 0.486. The summed E-state index contributed by atoms with van der Waals surface area (Å²) >= 11 is 0. The van der Waals surface area contributed by atoms with Crippen LogP contribution in [-0.2, 0) is 4.79 Å². The maximum Gasteiger partial charge on any atom is 0.417 e. The predicted molar refractivity (Wildman–Crippen MR) is 60.6 cm³/mol. The van der Waals surface area contributed by atoms with Gasteiger partial charge in [-0.25, -0.2) is 4.79 Å². The summed E-state index contributed by atoms with van der Waals surface area (Å²) in [5.74, 6) is -0.318. The molecule has 2 aromatic rings. The second-order valence-electron chi connectivity index (χ2n) is 3.60. The molecule has 0 aliphatic rings. The number of fused-ring (bicyclic) bond motifs is 1. The Morgan fingerprint density at radius 1 is 1.50 bits per heavy atom. The van der Waals surface area contributed by atoms with Crippen molar-refractivity contribution in [1.29, 1.82) is 0 Å². The average Bonchev–Trinajstić information content (AvgIpc) is 2.56. The lowest BCUT2D eigenvalue weighted by Crippen LogP contribution is -2.05. The number of hydrogen-bond donors (Lipinski definition) is 2. The third kappa shape index (κ3) is 2.31. The van der Waals surface area contributed by atoms with E-state index in [0.29, 0.717) is 24.1 Å². The zero-order valence-electron chi connectivity index (χ0n) is 8.87. The van der Waals surface area contributed by atoms with Gasteiger partial charge in [-0.2, -0.15) is 0 Å². The largest absolute Gasteiger partial charge is 0.417 e. The summed E-state index contributed by atoms with van der Waals surface area (Å²) in [6.45, 7) is 2.14. The SMILES string of the molecule is CC(=O)CCNc1ccc2oc(=O)[nH]c2c1. The fraction of sp³-hybridized carbons (Fsp3) is 0.273. The molecular formula is C11H12N2O3. The van der Waals surface area contributed by atoms with Gasteiger partial charge in [0.05, 0.1) is 5.52 Å². The molecule has 0 radical (unpaired) electrons. The van der Waals surface area contributed by atoms with Crippen LogP contribution in [0.4, 0.5) is 5.69 Å². The molecule has 5 heteroatoms. The van der Waals surface area contributed by atoms with Crippen molar-refractivity contribution in [3.63, 3.8) is 0 Å². The number of ketones is 1. The minimum Gasteiger partial charge on any atom is -0.408 e. The molecule has 5 nitrogen and oxygen atoms in total. The van der Waals surface area contributed by atoms with Gasteiger partial charge in [-0.05, 0) is 25.1 Å². The van der Waals surface area contributed by atoms with Crippen LogP contribution in [0.2, 0.25) is 0 Å². The zero-order valence-corrected chi connectivity index (χ0v) is 8.87. The maximum absolute atomic E-state index is 10.9. The number of anilines is 1. The second-order valence-corrected chi connectivity index (χ2v) is 3.60. The van der Waals surface area contributed by atoms with Crippen LogP contribution in [0.1, 0.15) is 13.3 Å². The van der Waals surface area contributed by atoms with E-state index in [2.05, 4.69) is 10.3 Å². The van der Waals surface area contributed by atoms with Gasteiger partial charge in [0.25, 0.3) is 0 Å². The first-order valence-corrected chi connectivity index (χ1v) is 5.01. The molecule has 1 aromatic heterocycles. The highest BCUT2D eigenvalue weighted by Crippen LogP contribution is 2.15. The smallest absolute Gasteiger partial charge is 0.408 e. The average molecular weight is 220 g/mol. The molecule has 0 saturated heterocycles. The van der Waals surface area contributed by atoms with Gasteiger partial charge in [-0.3, -0.25) is 9.78 Å². The summed E-state index contributed by atoms with van der Waals surface area (Å²) < 4.78 is 4.87. The number of oxazole rings is 1. The quantitative estimate of drug-likeness (QED) is 0.819. The number of aromatic amines is 1. The monoisotopic (exact) mass is 220 g/mol. The summed E-state index contributed by atoms with van der Waals surface area (Å²) in [6, 6.07) is 5.29. The number of rotatable bonds is 4. The van der Waals surface area contributed by atoms with Crippen molar-refractivity contribution in [1.82, 2.24) is 4.98 Å². The lowest BCUT2D eigenvalue weighted by atomic mass is 10.2. The lowest BCUT2D eigenvalue weighted by Gasteiger charge is -2.03. The van der Waals surface area contributed by atoms with Gasteiger partial charge in [0.15, 0.2) is 5.58 Å². The minimum atomic E-state index is -0.462. The molecule has 0 spiro atoms. The second kappa shape index (κ2) is 4.22. The Morgan fingerprint density at radius 3 is 3.06 bits per heavy atom. The molecule has 0 fully saturated rings. The van der Waals surface area contributed by atoms with E-state index in [1.807, 2.05) is 0 Å². The van der Waals surface area contributed by atoms with E-state index in [0.717, 1.165) is 5.69 Å². The summed E-state index contributed by atoms with van der Waals surface area (Å²) in [4.78, 5) is 24.2. The maximum atomic E-state index is 10.9. The minimum absolute atomic E-state index is 0.144. The highest BCUT2D eigenvalue weighted by Gasteiger charge is 2.01.